The molecule has 1 aromatic carbocycles. The van der Waals surface area contributed by atoms with Gasteiger partial charge >= 0.3 is 0 Å². The van der Waals surface area contributed by atoms with Gasteiger partial charge in [0.05, 0.1) is 6.61 Å². The fourth-order valence-electron chi connectivity index (χ4n) is 2.02. The fraction of sp³-hybridized carbons (Fsp3) is 0.500. The van der Waals surface area contributed by atoms with E-state index in [9.17, 15) is 5.11 Å². The Morgan fingerprint density at radius 1 is 1.33 bits per heavy atom. The molecular weight excluding hydrogens is 190 g/mol. The van der Waals surface area contributed by atoms with Gasteiger partial charge in [0.25, 0.3) is 0 Å². The quantitative estimate of drug-likeness (QED) is 0.696. The Hall–Kier alpha value is -0.900. The maximum Gasteiger partial charge on any atom is 0.102 e. The highest BCUT2D eigenvalue weighted by Crippen LogP contribution is 2.24. The van der Waals surface area contributed by atoms with Gasteiger partial charge < -0.3 is 15.5 Å². The third-order valence-corrected chi connectivity index (χ3v) is 2.96. The number of benzene rings is 1. The minimum atomic E-state index is -0.754. The van der Waals surface area contributed by atoms with Crippen LogP contribution >= 0.6 is 0 Å². The topological polar surface area (TPSA) is 52.5 Å². The Labute approximate surface area is 89.8 Å². The van der Waals surface area contributed by atoms with E-state index in [2.05, 4.69) is 5.32 Å². The average Bonchev–Trinajstić information content (AvgIpc) is 2.82. The van der Waals surface area contributed by atoms with E-state index >= 15 is 0 Å². The second-order valence-corrected chi connectivity index (χ2v) is 4.01. The predicted octanol–water partition coefficient (Wildman–Crippen LogP) is 1.14. The van der Waals surface area contributed by atoms with Gasteiger partial charge in [-0.2, -0.15) is 0 Å². The van der Waals surface area contributed by atoms with Crippen LogP contribution in [-0.4, -0.2) is 23.4 Å². The molecule has 2 atom stereocenters. The van der Waals surface area contributed by atoms with Crippen LogP contribution in [0.4, 0.5) is 0 Å². The van der Waals surface area contributed by atoms with Gasteiger partial charge in [-0.25, -0.2) is 0 Å². The Bertz CT molecular complexity index is 304. The van der Waals surface area contributed by atoms with Crippen molar-refractivity contribution in [3.63, 3.8) is 0 Å². The van der Waals surface area contributed by atoms with Gasteiger partial charge in [-0.1, -0.05) is 24.3 Å². The van der Waals surface area contributed by atoms with Gasteiger partial charge in [-0.15, -0.1) is 0 Å². The van der Waals surface area contributed by atoms with Crippen molar-refractivity contribution in [2.45, 2.75) is 25.0 Å². The molecule has 1 aliphatic heterocycles. The molecule has 0 bridgehead atoms. The highest BCUT2D eigenvalue weighted by molar-refractivity contribution is 5.26. The standard InChI is InChI=1S/C12H17NO2/c14-8-12(15)10-5-3-9(4-6-10)11-2-1-7-13-11/h3-6,11-15H,1-2,7-8H2. The van der Waals surface area contributed by atoms with E-state index in [4.69, 9.17) is 5.11 Å². The maximum absolute atomic E-state index is 9.42. The first kappa shape index (κ1) is 10.6. The fourth-order valence-corrected chi connectivity index (χ4v) is 2.02. The molecule has 1 aromatic rings. The van der Waals surface area contributed by atoms with E-state index in [0.29, 0.717) is 6.04 Å². The van der Waals surface area contributed by atoms with Crippen LogP contribution in [0.2, 0.25) is 0 Å². The van der Waals surface area contributed by atoms with Crippen molar-refractivity contribution in [2.24, 2.45) is 0 Å². The minimum Gasteiger partial charge on any atom is -0.393 e. The number of aliphatic hydroxyl groups is 2. The SMILES string of the molecule is OCC(O)c1ccc(C2CCCN2)cc1. The van der Waals surface area contributed by atoms with Crippen LogP contribution in [0.5, 0.6) is 0 Å². The molecule has 0 amide bonds. The van der Waals surface area contributed by atoms with Crippen molar-refractivity contribution in [3.8, 4) is 0 Å². The zero-order valence-electron chi connectivity index (χ0n) is 8.69. The van der Waals surface area contributed by atoms with E-state index in [1.54, 1.807) is 0 Å². The van der Waals surface area contributed by atoms with Gasteiger partial charge in [-0.05, 0) is 30.5 Å². The molecule has 2 rings (SSSR count). The first-order valence-electron chi connectivity index (χ1n) is 5.43. The molecule has 15 heavy (non-hydrogen) atoms. The first-order chi connectivity index (χ1) is 7.31. The third-order valence-electron chi connectivity index (χ3n) is 2.96. The van der Waals surface area contributed by atoms with Crippen LogP contribution < -0.4 is 5.32 Å². The van der Waals surface area contributed by atoms with E-state index in [1.807, 2.05) is 24.3 Å². The first-order valence-corrected chi connectivity index (χ1v) is 5.43. The van der Waals surface area contributed by atoms with Crippen LogP contribution in [0.3, 0.4) is 0 Å². The van der Waals surface area contributed by atoms with Crippen LogP contribution in [0.1, 0.15) is 36.1 Å². The molecule has 1 aliphatic rings. The van der Waals surface area contributed by atoms with E-state index in [-0.39, 0.29) is 6.61 Å². The Morgan fingerprint density at radius 2 is 2.07 bits per heavy atom. The Balaban J connectivity index is 2.09. The maximum atomic E-state index is 9.42. The average molecular weight is 207 g/mol. The molecule has 2 unspecified atom stereocenters. The zero-order valence-corrected chi connectivity index (χ0v) is 8.69. The summed E-state index contributed by atoms with van der Waals surface area (Å²) in [4.78, 5) is 0. The lowest BCUT2D eigenvalue weighted by Gasteiger charge is -2.12. The molecule has 3 heteroatoms. The van der Waals surface area contributed by atoms with E-state index in [0.717, 1.165) is 12.1 Å². The Kier molecular flexibility index (Phi) is 3.36. The van der Waals surface area contributed by atoms with Gasteiger partial charge in [-0.3, -0.25) is 0 Å². The molecular formula is C12H17NO2. The van der Waals surface area contributed by atoms with Gasteiger partial charge in [0.15, 0.2) is 0 Å². The lowest BCUT2D eigenvalue weighted by molar-refractivity contribution is 0.0956. The predicted molar refractivity (Wildman–Crippen MR) is 58.5 cm³/mol. The molecule has 1 fully saturated rings. The monoisotopic (exact) mass is 207 g/mol. The summed E-state index contributed by atoms with van der Waals surface area (Å²) in [6.07, 6.45) is 1.66. The molecule has 0 aromatic heterocycles. The van der Waals surface area contributed by atoms with Crippen LogP contribution in [0.25, 0.3) is 0 Å². The Morgan fingerprint density at radius 3 is 2.60 bits per heavy atom. The number of aliphatic hydroxyl groups excluding tert-OH is 2. The molecule has 0 radical (unpaired) electrons. The molecule has 3 N–H and O–H groups in total. The van der Waals surface area contributed by atoms with E-state index in [1.165, 1.54) is 18.4 Å². The van der Waals surface area contributed by atoms with E-state index < -0.39 is 6.10 Å². The zero-order chi connectivity index (χ0) is 10.7. The summed E-state index contributed by atoms with van der Waals surface area (Å²) in [5.74, 6) is 0. The minimum absolute atomic E-state index is 0.221. The second kappa shape index (κ2) is 4.75. The summed E-state index contributed by atoms with van der Waals surface area (Å²) >= 11 is 0. The van der Waals surface area contributed by atoms with Gasteiger partial charge in [0.2, 0.25) is 0 Å². The van der Waals surface area contributed by atoms with Gasteiger partial charge in [0, 0.05) is 6.04 Å². The highest BCUT2D eigenvalue weighted by atomic mass is 16.3. The smallest absolute Gasteiger partial charge is 0.102 e. The van der Waals surface area contributed by atoms with Gasteiger partial charge in [0.1, 0.15) is 6.10 Å². The number of nitrogens with one attached hydrogen (secondary N) is 1. The summed E-state index contributed by atoms with van der Waals surface area (Å²) in [6.45, 7) is 0.868. The van der Waals surface area contributed by atoms with Crippen molar-refractivity contribution >= 4 is 0 Å². The lowest BCUT2D eigenvalue weighted by atomic mass is 10.0. The molecule has 0 aliphatic carbocycles. The molecule has 1 heterocycles. The summed E-state index contributed by atoms with van der Waals surface area (Å²) in [5, 5.41) is 21.7. The third kappa shape index (κ3) is 2.37. The summed E-state index contributed by atoms with van der Waals surface area (Å²) in [5.41, 5.74) is 2.04. The highest BCUT2D eigenvalue weighted by Gasteiger charge is 2.16. The van der Waals surface area contributed by atoms with Crippen molar-refractivity contribution in [1.82, 2.24) is 5.32 Å². The lowest BCUT2D eigenvalue weighted by Crippen LogP contribution is -2.13. The summed E-state index contributed by atoms with van der Waals surface area (Å²) < 4.78 is 0. The van der Waals surface area contributed by atoms with Crippen molar-refractivity contribution < 1.29 is 10.2 Å². The molecule has 1 saturated heterocycles. The molecule has 82 valence electrons. The summed E-state index contributed by atoms with van der Waals surface area (Å²) in [6, 6.07) is 8.28. The normalized spacial score (nSPS) is 22.9. The molecule has 0 saturated carbocycles. The number of rotatable bonds is 3. The van der Waals surface area contributed by atoms with Crippen LogP contribution in [-0.2, 0) is 0 Å². The summed E-state index contributed by atoms with van der Waals surface area (Å²) in [7, 11) is 0. The molecule has 0 spiro atoms. The van der Waals surface area contributed by atoms with Crippen molar-refractivity contribution in [3.05, 3.63) is 35.4 Å². The van der Waals surface area contributed by atoms with Crippen LogP contribution in [0, 0.1) is 0 Å². The number of hydrogen-bond acceptors (Lipinski definition) is 3. The van der Waals surface area contributed by atoms with Crippen LogP contribution in [0.15, 0.2) is 24.3 Å². The largest absolute Gasteiger partial charge is 0.393 e. The molecule has 3 nitrogen and oxygen atoms in total. The number of hydrogen-bond donors (Lipinski definition) is 3. The second-order valence-electron chi connectivity index (χ2n) is 4.01. The van der Waals surface area contributed by atoms with Crippen molar-refractivity contribution in [1.29, 1.82) is 0 Å². The van der Waals surface area contributed by atoms with Crippen molar-refractivity contribution in [2.75, 3.05) is 13.2 Å².